The minimum Gasteiger partial charge on any atom is -0.458 e. The summed E-state index contributed by atoms with van der Waals surface area (Å²) in [5.74, 6) is -4.44. The van der Waals surface area contributed by atoms with Gasteiger partial charge in [0, 0.05) is 30.4 Å². The highest BCUT2D eigenvalue weighted by Crippen LogP contribution is 2.42. The number of hydrogen-bond donors (Lipinski definition) is 2. The Morgan fingerprint density at radius 3 is 2.31 bits per heavy atom. The van der Waals surface area contributed by atoms with Crippen molar-refractivity contribution in [1.29, 1.82) is 0 Å². The molecule has 4 heterocycles. The molecule has 4 aliphatic heterocycles. The molecule has 16 nitrogen and oxygen atoms in total. The highest BCUT2D eigenvalue weighted by Gasteiger charge is 2.58. The van der Waals surface area contributed by atoms with Gasteiger partial charge in [-0.05, 0) is 73.2 Å². The number of hydrogen-bond acceptors (Lipinski definition) is 14. The van der Waals surface area contributed by atoms with Gasteiger partial charge in [-0.3, -0.25) is 19.7 Å². The van der Waals surface area contributed by atoms with Crippen molar-refractivity contribution in [3.05, 3.63) is 30.3 Å². The average Bonchev–Trinajstić information content (AvgIpc) is 3.49. The zero-order chi connectivity index (χ0) is 42.7. The lowest BCUT2D eigenvalue weighted by molar-refractivity contribution is -0.305. The first-order valence-electron chi connectivity index (χ1n) is 20.4. The number of Topliss-reactive ketones (excluding diaryl/α,β-unsaturated/α-hetero) is 1. The standard InChI is InChI=1S/C42H63N3O13/c1-12-31-42(9)35(44-40(50)58-42)24(4)32(47)22(2)19-41(8)36(57-38-34(54-27(7)46)30(45(10)11)18-23(3)53-38)25(5)33(26(6)37(48)56-31)51-20-29(21-52-41)55-39(49)43-28-16-14-13-15-17-28/h13-17,22-26,29-31,33-36,38H,12,18-21H2,1-11H3,(H,43,49)(H,44,50)/t22-,23-,24+,25+,26-,29?,30+,31-,33+,34-,35-,36-,38+,41-,42-/m1/s1. The van der Waals surface area contributed by atoms with E-state index in [1.54, 1.807) is 52.0 Å². The largest absolute Gasteiger partial charge is 0.458 e. The number of cyclic esters (lactones) is 1. The Morgan fingerprint density at radius 1 is 0.983 bits per heavy atom. The molecule has 16 heteroatoms. The second kappa shape index (κ2) is 18.6. The summed E-state index contributed by atoms with van der Waals surface area (Å²) in [5, 5.41) is 5.55. The van der Waals surface area contributed by atoms with Gasteiger partial charge in [-0.2, -0.15) is 0 Å². The molecule has 0 radical (unpaired) electrons. The predicted molar refractivity (Wildman–Crippen MR) is 210 cm³/mol. The molecule has 15 atom stereocenters. The molecule has 0 aromatic heterocycles. The minimum absolute atomic E-state index is 0.0900. The van der Waals surface area contributed by atoms with Crippen molar-refractivity contribution in [3.8, 4) is 0 Å². The van der Waals surface area contributed by atoms with Crippen LogP contribution in [0.5, 0.6) is 0 Å². The molecule has 2 N–H and O–H groups in total. The summed E-state index contributed by atoms with van der Waals surface area (Å²) in [7, 11) is 3.78. The Morgan fingerprint density at radius 2 is 1.67 bits per heavy atom. The van der Waals surface area contributed by atoms with E-state index in [1.807, 2.05) is 52.8 Å². The lowest BCUT2D eigenvalue weighted by Crippen LogP contribution is -2.61. The van der Waals surface area contributed by atoms with Crippen LogP contribution in [0.1, 0.15) is 81.6 Å². The highest BCUT2D eigenvalue weighted by molar-refractivity contribution is 5.86. The summed E-state index contributed by atoms with van der Waals surface area (Å²) in [4.78, 5) is 69.5. The molecule has 4 saturated heterocycles. The number of nitrogens with zero attached hydrogens (tertiary/aromatic N) is 1. The van der Waals surface area contributed by atoms with Gasteiger partial charge in [0.1, 0.15) is 11.9 Å². The molecule has 2 bridgehead atoms. The number of ether oxygens (including phenoxy) is 8. The predicted octanol–water partition coefficient (Wildman–Crippen LogP) is 4.87. The van der Waals surface area contributed by atoms with Gasteiger partial charge in [0.25, 0.3) is 0 Å². The van der Waals surface area contributed by atoms with E-state index in [1.165, 1.54) is 6.92 Å². The number of amides is 2. The van der Waals surface area contributed by atoms with Crippen molar-refractivity contribution in [2.45, 2.75) is 148 Å². The molecule has 4 aliphatic rings. The third-order valence-electron chi connectivity index (χ3n) is 12.3. The van der Waals surface area contributed by atoms with E-state index < -0.39 is 102 Å². The molecule has 1 aromatic carbocycles. The second-order valence-corrected chi connectivity index (χ2v) is 17.1. The van der Waals surface area contributed by atoms with Crippen LogP contribution in [0.25, 0.3) is 0 Å². The maximum absolute atomic E-state index is 14.6. The van der Waals surface area contributed by atoms with Crippen molar-refractivity contribution in [2.75, 3.05) is 32.6 Å². The van der Waals surface area contributed by atoms with Crippen molar-refractivity contribution in [3.63, 3.8) is 0 Å². The van der Waals surface area contributed by atoms with Crippen LogP contribution in [0.4, 0.5) is 15.3 Å². The van der Waals surface area contributed by atoms with E-state index in [-0.39, 0.29) is 44.0 Å². The monoisotopic (exact) mass is 817 g/mol. The molecule has 1 aromatic rings. The third-order valence-corrected chi connectivity index (χ3v) is 12.3. The molecular formula is C42H63N3O13. The molecule has 58 heavy (non-hydrogen) atoms. The first-order valence-corrected chi connectivity index (χ1v) is 20.4. The summed E-state index contributed by atoms with van der Waals surface area (Å²) in [6, 6.07) is 7.73. The first-order chi connectivity index (χ1) is 27.3. The first kappa shape index (κ1) is 45.3. The molecule has 324 valence electrons. The van der Waals surface area contributed by atoms with Gasteiger partial charge in [-0.1, -0.05) is 45.9 Å². The van der Waals surface area contributed by atoms with Gasteiger partial charge in [0.2, 0.25) is 0 Å². The van der Waals surface area contributed by atoms with Crippen molar-refractivity contribution < 1.29 is 61.9 Å². The lowest BCUT2D eigenvalue weighted by atomic mass is 9.73. The fourth-order valence-electron chi connectivity index (χ4n) is 9.30. The molecule has 0 aliphatic carbocycles. The Labute approximate surface area is 341 Å². The molecule has 0 spiro atoms. The van der Waals surface area contributed by atoms with Crippen LogP contribution in [0.2, 0.25) is 0 Å². The average molecular weight is 818 g/mol. The van der Waals surface area contributed by atoms with Gasteiger partial charge in [-0.25, -0.2) is 9.59 Å². The van der Waals surface area contributed by atoms with Crippen LogP contribution in [0.3, 0.4) is 0 Å². The molecular weight excluding hydrogens is 754 g/mol. The number of fused-ring (bicyclic) bond motifs is 4. The fraction of sp³-hybridized carbons (Fsp3) is 0.738. The molecule has 2 amide bonds. The Balaban J connectivity index is 1.62. The number of carbonyl (C=O) groups excluding carboxylic acids is 5. The summed E-state index contributed by atoms with van der Waals surface area (Å²) in [6.07, 6.45) is -6.58. The van der Waals surface area contributed by atoms with Gasteiger partial charge in [-0.15, -0.1) is 0 Å². The fourth-order valence-corrected chi connectivity index (χ4v) is 9.30. The van der Waals surface area contributed by atoms with E-state index in [0.717, 1.165) is 0 Å². The number of ketones is 1. The van der Waals surface area contributed by atoms with Gasteiger partial charge in [0.05, 0.1) is 55.1 Å². The number of carbonyl (C=O) groups is 5. The van der Waals surface area contributed by atoms with E-state index in [0.29, 0.717) is 12.1 Å². The number of nitrogens with one attached hydrogen (secondary N) is 2. The van der Waals surface area contributed by atoms with Crippen LogP contribution in [-0.4, -0.2) is 128 Å². The number of alkyl carbamates (subject to hydrolysis) is 1. The van der Waals surface area contributed by atoms with E-state index in [9.17, 15) is 24.0 Å². The smallest absolute Gasteiger partial charge is 0.412 e. The molecule has 1 unspecified atom stereocenters. The van der Waals surface area contributed by atoms with Crippen LogP contribution >= 0.6 is 0 Å². The summed E-state index contributed by atoms with van der Waals surface area (Å²) in [5.41, 5.74) is -2.19. The van der Waals surface area contributed by atoms with Gasteiger partial charge in [0.15, 0.2) is 24.1 Å². The van der Waals surface area contributed by atoms with Crippen LogP contribution in [0.15, 0.2) is 30.3 Å². The highest BCUT2D eigenvalue weighted by atomic mass is 16.7. The topological polar surface area (TPSA) is 186 Å². The Hall–Kier alpha value is -3.83. The zero-order valence-electron chi connectivity index (χ0n) is 35.7. The normalized spacial score (nSPS) is 40.1. The Bertz CT molecular complexity index is 1630. The van der Waals surface area contributed by atoms with Crippen molar-refractivity contribution in [1.82, 2.24) is 10.2 Å². The number of para-hydroxylation sites is 1. The Kier molecular flexibility index (Phi) is 14.5. The number of likely N-dealkylation sites (N-methyl/N-ethyl adjacent to an activating group) is 1. The lowest BCUT2D eigenvalue weighted by Gasteiger charge is -2.49. The maximum Gasteiger partial charge on any atom is 0.412 e. The van der Waals surface area contributed by atoms with E-state index in [4.69, 9.17) is 37.9 Å². The zero-order valence-corrected chi connectivity index (χ0v) is 35.7. The van der Waals surface area contributed by atoms with Crippen LogP contribution < -0.4 is 10.6 Å². The van der Waals surface area contributed by atoms with Gasteiger partial charge >= 0.3 is 24.1 Å². The summed E-state index contributed by atoms with van der Waals surface area (Å²) < 4.78 is 50.7. The quantitative estimate of drug-likeness (QED) is 0.281. The van der Waals surface area contributed by atoms with Crippen molar-refractivity contribution >= 4 is 35.6 Å². The minimum atomic E-state index is -1.36. The number of esters is 2. The van der Waals surface area contributed by atoms with E-state index >= 15 is 0 Å². The summed E-state index contributed by atoms with van der Waals surface area (Å²) in [6.45, 7) is 15.3. The molecule has 5 rings (SSSR count). The number of rotatable bonds is 7. The molecule has 0 saturated carbocycles. The molecule has 4 fully saturated rings. The second-order valence-electron chi connectivity index (χ2n) is 17.1. The SMILES string of the molecule is CC[C@H]1OC(=O)[C@H](C)[C@H]2OCC(OC(=O)Nc3ccccc3)CO[C@](C)(C[C@@H](C)C(=O)[C@H](C)[C@H]3NC(=O)O[C@@]31C)[C@H](O[C@@H]1O[C@H](C)C[C@H](N(C)C)[C@H]1OC(C)=O)[C@H]2C. The van der Waals surface area contributed by atoms with E-state index in [2.05, 4.69) is 10.6 Å². The third kappa shape index (κ3) is 9.95. The van der Waals surface area contributed by atoms with Gasteiger partial charge < -0.3 is 48.1 Å². The maximum atomic E-state index is 14.6. The summed E-state index contributed by atoms with van der Waals surface area (Å²) >= 11 is 0. The van der Waals surface area contributed by atoms with Crippen LogP contribution in [-0.2, 0) is 52.3 Å². The van der Waals surface area contributed by atoms with Crippen LogP contribution in [0, 0.1) is 23.7 Å². The number of anilines is 1. The number of benzene rings is 1. The van der Waals surface area contributed by atoms with Crippen molar-refractivity contribution in [2.24, 2.45) is 23.7 Å².